The summed E-state index contributed by atoms with van der Waals surface area (Å²) in [5.41, 5.74) is 3.22. The summed E-state index contributed by atoms with van der Waals surface area (Å²) in [5.74, 6) is -0.0205. The smallest absolute Gasteiger partial charge is 0.268 e. The highest BCUT2D eigenvalue weighted by molar-refractivity contribution is 7.14. The summed E-state index contributed by atoms with van der Waals surface area (Å²) in [4.78, 5) is 40.2. The van der Waals surface area contributed by atoms with E-state index in [4.69, 9.17) is 16.3 Å². The van der Waals surface area contributed by atoms with Gasteiger partial charge < -0.3 is 20.3 Å². The molecule has 0 spiro atoms. The molecular weight excluding hydrogens is 462 g/mol. The average molecular weight is 484 g/mol. The number of nitrogens with one attached hydrogen (secondary N) is 2. The van der Waals surface area contributed by atoms with Gasteiger partial charge in [-0.1, -0.05) is 11.6 Å². The third-order valence-corrected chi connectivity index (χ3v) is 6.96. The lowest BCUT2D eigenvalue weighted by Gasteiger charge is -2.18. The Bertz CT molecular complexity index is 1270. The Kier molecular flexibility index (Phi) is 6.40. The number of carbonyl (C=O) groups excluding carboxylic acids is 3. The van der Waals surface area contributed by atoms with E-state index in [0.717, 1.165) is 16.0 Å². The third kappa shape index (κ3) is 4.31. The zero-order chi connectivity index (χ0) is 23.7. The molecule has 2 heterocycles. The van der Waals surface area contributed by atoms with Crippen LogP contribution in [0.1, 0.15) is 35.3 Å². The summed E-state index contributed by atoms with van der Waals surface area (Å²) in [6.45, 7) is 0.452. The minimum atomic E-state index is -0.250. The number of anilines is 1. The lowest BCUT2D eigenvalue weighted by Crippen LogP contribution is -2.26. The second kappa shape index (κ2) is 9.25. The van der Waals surface area contributed by atoms with Crippen molar-refractivity contribution in [2.24, 2.45) is 0 Å². The van der Waals surface area contributed by atoms with Crippen LogP contribution in [0.5, 0.6) is 5.75 Å². The van der Waals surface area contributed by atoms with Crippen molar-refractivity contribution in [2.75, 3.05) is 32.6 Å². The second-order valence-corrected chi connectivity index (χ2v) is 8.99. The Balaban J connectivity index is 1.66. The molecule has 0 radical (unpaired) electrons. The Morgan fingerprint density at radius 1 is 0.970 bits per heavy atom. The van der Waals surface area contributed by atoms with Crippen molar-refractivity contribution < 1.29 is 19.1 Å². The summed E-state index contributed by atoms with van der Waals surface area (Å²) < 4.78 is 5.88. The lowest BCUT2D eigenvalue weighted by molar-refractivity contribution is 0.0955. The fourth-order valence-corrected chi connectivity index (χ4v) is 5.13. The van der Waals surface area contributed by atoms with Crippen LogP contribution >= 0.6 is 22.9 Å². The van der Waals surface area contributed by atoms with E-state index in [1.807, 2.05) is 12.1 Å². The molecule has 0 bridgehead atoms. The number of halogens is 1. The number of hydrogen-bond acceptors (Lipinski definition) is 5. The Labute approximate surface area is 200 Å². The van der Waals surface area contributed by atoms with Crippen molar-refractivity contribution in [2.45, 2.75) is 6.42 Å². The van der Waals surface area contributed by atoms with Crippen molar-refractivity contribution >= 4 is 46.3 Å². The van der Waals surface area contributed by atoms with Gasteiger partial charge in [0.1, 0.15) is 5.75 Å². The van der Waals surface area contributed by atoms with Crippen LogP contribution in [0, 0.1) is 0 Å². The van der Waals surface area contributed by atoms with Crippen molar-refractivity contribution in [1.29, 1.82) is 0 Å². The monoisotopic (exact) mass is 483 g/mol. The second-order valence-electron chi connectivity index (χ2n) is 7.45. The van der Waals surface area contributed by atoms with Crippen molar-refractivity contribution in [3.8, 4) is 16.9 Å². The number of nitrogens with zero attached hydrogens (tertiary/aromatic N) is 1. The number of fused-ring (bicyclic) bond motifs is 3. The van der Waals surface area contributed by atoms with Gasteiger partial charge in [-0.15, -0.1) is 11.3 Å². The van der Waals surface area contributed by atoms with E-state index in [1.165, 1.54) is 16.2 Å². The normalized spacial score (nSPS) is 12.0. The van der Waals surface area contributed by atoms with Crippen LogP contribution in [0.25, 0.3) is 11.1 Å². The average Bonchev–Trinajstić information content (AvgIpc) is 3.18. The molecule has 0 saturated carbocycles. The molecule has 0 unspecified atom stereocenters. The molecule has 0 saturated heterocycles. The summed E-state index contributed by atoms with van der Waals surface area (Å²) in [7, 11) is 4.78. The lowest BCUT2D eigenvalue weighted by atomic mass is 10.0. The molecule has 2 N–H and O–H groups in total. The predicted octanol–water partition coefficient (Wildman–Crippen LogP) is 4.00. The molecule has 0 aliphatic carbocycles. The minimum absolute atomic E-state index is 0.187. The minimum Gasteiger partial charge on any atom is -0.493 e. The van der Waals surface area contributed by atoms with Gasteiger partial charge in [0.25, 0.3) is 17.7 Å². The van der Waals surface area contributed by atoms with Gasteiger partial charge in [-0.25, -0.2) is 0 Å². The van der Waals surface area contributed by atoms with Gasteiger partial charge in [-0.2, -0.15) is 0 Å². The van der Waals surface area contributed by atoms with Crippen molar-refractivity contribution in [1.82, 2.24) is 10.6 Å². The number of benzene rings is 2. The number of amides is 3. The van der Waals surface area contributed by atoms with Gasteiger partial charge in [0.15, 0.2) is 0 Å². The number of ether oxygens (including phenoxy) is 1. The zero-order valence-corrected chi connectivity index (χ0v) is 19.9. The van der Waals surface area contributed by atoms with Gasteiger partial charge >= 0.3 is 0 Å². The van der Waals surface area contributed by atoms with Crippen molar-refractivity contribution in [3.05, 3.63) is 68.4 Å². The zero-order valence-electron chi connectivity index (χ0n) is 18.3. The maximum Gasteiger partial charge on any atom is 0.268 e. The van der Waals surface area contributed by atoms with Crippen LogP contribution in [0.3, 0.4) is 0 Å². The SMILES string of the molecule is CNC(=O)c1ccc(N(C)C(=O)c2cc3c(s2)CCOc2cc(C(=O)NC)ccc2-3)c(Cl)c1. The fourth-order valence-electron chi connectivity index (χ4n) is 3.69. The van der Waals surface area contributed by atoms with Gasteiger partial charge in [0, 0.05) is 54.7 Å². The van der Waals surface area contributed by atoms with Crippen LogP contribution < -0.4 is 20.3 Å². The van der Waals surface area contributed by atoms with E-state index >= 15 is 0 Å². The van der Waals surface area contributed by atoms with E-state index in [0.29, 0.717) is 45.5 Å². The number of rotatable bonds is 4. The largest absolute Gasteiger partial charge is 0.493 e. The molecule has 1 aliphatic heterocycles. The van der Waals surface area contributed by atoms with Gasteiger partial charge in [-0.3, -0.25) is 14.4 Å². The molecule has 2 aromatic carbocycles. The maximum atomic E-state index is 13.3. The molecule has 1 aromatic heterocycles. The van der Waals surface area contributed by atoms with E-state index in [-0.39, 0.29) is 17.7 Å². The molecule has 9 heteroatoms. The fraction of sp³-hybridized carbons (Fsp3) is 0.208. The molecule has 3 amide bonds. The van der Waals surface area contributed by atoms with Gasteiger partial charge in [0.2, 0.25) is 0 Å². The first-order valence-electron chi connectivity index (χ1n) is 10.3. The number of carbonyl (C=O) groups is 3. The molecule has 4 rings (SSSR count). The number of thiophene rings is 1. The maximum absolute atomic E-state index is 13.3. The van der Waals surface area contributed by atoms with E-state index in [9.17, 15) is 14.4 Å². The molecule has 0 fully saturated rings. The molecule has 1 aliphatic rings. The Morgan fingerprint density at radius 3 is 2.30 bits per heavy atom. The van der Waals surface area contributed by atoms with Crippen LogP contribution in [0.15, 0.2) is 42.5 Å². The molecule has 170 valence electrons. The summed E-state index contributed by atoms with van der Waals surface area (Å²) in [6, 6.07) is 12.0. The molecule has 33 heavy (non-hydrogen) atoms. The van der Waals surface area contributed by atoms with E-state index in [1.54, 1.807) is 51.5 Å². The standard InChI is InChI=1S/C24H22ClN3O4S/c1-26-22(29)13-5-7-18(17(25)10-13)28(3)24(31)21-12-16-15-6-4-14(23(30)27-2)11-19(15)32-9-8-20(16)33-21/h4-7,10-12H,8-9H2,1-3H3,(H,26,29)(H,27,30). The molecular formula is C24H22ClN3O4S. The van der Waals surface area contributed by atoms with E-state index < -0.39 is 0 Å². The predicted molar refractivity (Wildman–Crippen MR) is 130 cm³/mol. The summed E-state index contributed by atoms with van der Waals surface area (Å²) >= 11 is 7.80. The Hall–Kier alpha value is -3.36. The van der Waals surface area contributed by atoms with Gasteiger partial charge in [-0.05, 0) is 42.5 Å². The quantitative estimate of drug-likeness (QED) is 0.587. The highest BCUT2D eigenvalue weighted by atomic mass is 35.5. The molecule has 7 nitrogen and oxygen atoms in total. The Morgan fingerprint density at radius 2 is 1.64 bits per heavy atom. The van der Waals surface area contributed by atoms with Crippen LogP contribution in [-0.2, 0) is 6.42 Å². The first-order chi connectivity index (χ1) is 15.8. The first kappa shape index (κ1) is 22.8. The molecule has 0 atom stereocenters. The van der Waals surface area contributed by atoms with Crippen LogP contribution in [-0.4, -0.2) is 45.5 Å². The summed E-state index contributed by atoms with van der Waals surface area (Å²) in [5, 5.41) is 5.47. The highest BCUT2D eigenvalue weighted by Crippen LogP contribution is 2.41. The molecule has 3 aromatic rings. The van der Waals surface area contributed by atoms with Crippen LogP contribution in [0.4, 0.5) is 5.69 Å². The van der Waals surface area contributed by atoms with E-state index in [2.05, 4.69) is 10.6 Å². The van der Waals surface area contributed by atoms with Crippen molar-refractivity contribution in [3.63, 3.8) is 0 Å². The summed E-state index contributed by atoms with van der Waals surface area (Å²) in [6.07, 6.45) is 0.655. The first-order valence-corrected chi connectivity index (χ1v) is 11.4. The third-order valence-electron chi connectivity index (χ3n) is 5.47. The van der Waals surface area contributed by atoms with Crippen LogP contribution in [0.2, 0.25) is 5.02 Å². The van der Waals surface area contributed by atoms with Gasteiger partial charge in [0.05, 0.1) is 22.2 Å². The number of hydrogen-bond donors (Lipinski definition) is 2. The topological polar surface area (TPSA) is 87.7 Å². The highest BCUT2D eigenvalue weighted by Gasteiger charge is 2.25.